The Morgan fingerprint density at radius 3 is 2.50 bits per heavy atom. The quantitative estimate of drug-likeness (QED) is 0.390. The molecule has 36 heavy (non-hydrogen) atoms. The average Bonchev–Trinajstić information content (AvgIpc) is 3.23. The summed E-state index contributed by atoms with van der Waals surface area (Å²) < 4.78 is 40.6. The number of hydrogen-bond donors (Lipinski definition) is 2. The summed E-state index contributed by atoms with van der Waals surface area (Å²) in [5.74, 6) is -2.13. The van der Waals surface area contributed by atoms with E-state index in [1.807, 2.05) is 0 Å². The van der Waals surface area contributed by atoms with E-state index in [0.29, 0.717) is 5.56 Å². The average molecular weight is 496 g/mol. The number of nitrogens with two attached hydrogens (primary N) is 1. The van der Waals surface area contributed by atoms with Crippen molar-refractivity contribution >= 4 is 28.7 Å². The first-order valence-electron chi connectivity index (χ1n) is 10.5. The number of anilines is 1. The number of carbonyl (C=O) groups is 2. The maximum absolute atomic E-state index is 13.1. The minimum Gasteiger partial charge on any atom is -0.507 e. The Kier molecular flexibility index (Phi) is 6.43. The molecular weight excluding hydrogens is 477 g/mol. The second-order valence-corrected chi connectivity index (χ2v) is 7.62. The molecule has 0 radical (unpaired) electrons. The molecule has 2 aromatic carbocycles. The van der Waals surface area contributed by atoms with E-state index in [2.05, 4.69) is 21.6 Å². The lowest BCUT2D eigenvalue weighted by Gasteiger charge is -2.19. The van der Waals surface area contributed by atoms with Crippen molar-refractivity contribution in [1.29, 1.82) is 0 Å². The third-order valence-electron chi connectivity index (χ3n) is 5.38. The SMILES string of the molecule is C=CC(=O)N(CCn1nc(-c2ccc(C(F)(F)F)c(O)c2)c2c(N)ncnc21)C(=O)c1ccccc1. The first-order chi connectivity index (χ1) is 17.1. The van der Waals surface area contributed by atoms with E-state index in [9.17, 15) is 27.9 Å². The van der Waals surface area contributed by atoms with Crippen LogP contribution in [0.1, 0.15) is 15.9 Å². The minimum atomic E-state index is -4.74. The molecule has 0 spiro atoms. The number of fused-ring (bicyclic) bond motifs is 1. The van der Waals surface area contributed by atoms with Crippen molar-refractivity contribution in [2.75, 3.05) is 12.3 Å². The van der Waals surface area contributed by atoms with Gasteiger partial charge in [-0.15, -0.1) is 0 Å². The van der Waals surface area contributed by atoms with Gasteiger partial charge in [-0.3, -0.25) is 14.5 Å². The van der Waals surface area contributed by atoms with Gasteiger partial charge in [0.15, 0.2) is 5.65 Å². The largest absolute Gasteiger partial charge is 0.507 e. The van der Waals surface area contributed by atoms with Gasteiger partial charge in [-0.2, -0.15) is 18.3 Å². The van der Waals surface area contributed by atoms with Crippen LogP contribution in [0.2, 0.25) is 0 Å². The van der Waals surface area contributed by atoms with E-state index < -0.39 is 29.3 Å². The van der Waals surface area contributed by atoms with Crippen molar-refractivity contribution in [1.82, 2.24) is 24.6 Å². The smallest absolute Gasteiger partial charge is 0.419 e. The van der Waals surface area contributed by atoms with Gasteiger partial charge in [0.05, 0.1) is 17.5 Å². The van der Waals surface area contributed by atoms with Gasteiger partial charge in [0.1, 0.15) is 23.6 Å². The summed E-state index contributed by atoms with van der Waals surface area (Å²) in [6, 6.07) is 11.0. The number of alkyl halides is 3. The van der Waals surface area contributed by atoms with Crippen molar-refractivity contribution in [3.63, 3.8) is 0 Å². The highest BCUT2D eigenvalue weighted by Crippen LogP contribution is 2.39. The van der Waals surface area contributed by atoms with Crippen molar-refractivity contribution in [2.45, 2.75) is 12.7 Å². The number of hydrogen-bond acceptors (Lipinski definition) is 7. The number of aromatic hydroxyl groups is 1. The van der Waals surface area contributed by atoms with Crippen LogP contribution in [0.15, 0.2) is 67.5 Å². The summed E-state index contributed by atoms with van der Waals surface area (Å²) in [6.07, 6.45) is -2.54. The van der Waals surface area contributed by atoms with Gasteiger partial charge in [-0.1, -0.05) is 30.8 Å². The van der Waals surface area contributed by atoms with Crippen LogP contribution in [0, 0.1) is 0 Å². The number of phenols is 1. The lowest BCUT2D eigenvalue weighted by Crippen LogP contribution is -2.38. The molecule has 0 aliphatic heterocycles. The second kappa shape index (κ2) is 9.49. The molecule has 3 N–H and O–H groups in total. The molecule has 2 aromatic heterocycles. The second-order valence-electron chi connectivity index (χ2n) is 7.62. The highest BCUT2D eigenvalue weighted by atomic mass is 19.4. The van der Waals surface area contributed by atoms with Gasteiger partial charge < -0.3 is 10.8 Å². The fourth-order valence-electron chi connectivity index (χ4n) is 3.66. The van der Waals surface area contributed by atoms with E-state index in [1.54, 1.807) is 30.3 Å². The first-order valence-corrected chi connectivity index (χ1v) is 10.5. The number of imide groups is 1. The van der Waals surface area contributed by atoms with Gasteiger partial charge in [-0.05, 0) is 30.3 Å². The Balaban J connectivity index is 1.72. The topological polar surface area (TPSA) is 127 Å². The zero-order valence-electron chi connectivity index (χ0n) is 18.6. The van der Waals surface area contributed by atoms with E-state index >= 15 is 0 Å². The molecule has 2 heterocycles. The maximum atomic E-state index is 13.1. The molecule has 0 saturated carbocycles. The summed E-state index contributed by atoms with van der Waals surface area (Å²) in [5.41, 5.74) is 5.62. The molecule has 12 heteroatoms. The molecule has 0 atom stereocenters. The van der Waals surface area contributed by atoms with E-state index in [-0.39, 0.29) is 41.2 Å². The summed E-state index contributed by atoms with van der Waals surface area (Å²) in [6.45, 7) is 3.31. The molecule has 0 aliphatic carbocycles. The van der Waals surface area contributed by atoms with Crippen molar-refractivity contribution in [3.05, 3.63) is 78.6 Å². The van der Waals surface area contributed by atoms with Crippen LogP contribution in [-0.2, 0) is 17.5 Å². The number of amides is 2. The molecule has 184 valence electrons. The molecule has 0 unspecified atom stereocenters. The van der Waals surface area contributed by atoms with E-state index in [4.69, 9.17) is 5.73 Å². The molecule has 9 nitrogen and oxygen atoms in total. The lowest BCUT2D eigenvalue weighted by molar-refractivity contribution is -0.138. The number of halogens is 3. The zero-order chi connectivity index (χ0) is 26.0. The third-order valence-corrected chi connectivity index (χ3v) is 5.38. The van der Waals surface area contributed by atoms with E-state index in [1.165, 1.54) is 11.0 Å². The fraction of sp³-hybridized carbons (Fsp3) is 0.125. The van der Waals surface area contributed by atoms with Crippen LogP contribution in [0.4, 0.5) is 19.0 Å². The minimum absolute atomic E-state index is 0.0139. The monoisotopic (exact) mass is 496 g/mol. The standard InChI is InChI=1S/C24H19F3N6O3/c1-2-18(35)32(23(36)14-6-4-3-5-7-14)10-11-33-22-19(21(28)29-13-30-22)20(31-33)15-8-9-16(17(34)12-15)24(25,26)27/h2-9,12-13,34H,1,10-11H2,(H2,28,29,30). The van der Waals surface area contributed by atoms with Crippen LogP contribution in [-0.4, -0.2) is 48.1 Å². The number of nitrogens with zero attached hydrogens (tertiary/aromatic N) is 5. The number of carbonyl (C=O) groups excluding carboxylic acids is 2. The Labute approximate surface area is 202 Å². The Morgan fingerprint density at radius 2 is 1.86 bits per heavy atom. The Bertz CT molecular complexity index is 1470. The van der Waals surface area contributed by atoms with Crippen molar-refractivity contribution < 1.29 is 27.9 Å². The molecule has 4 rings (SSSR count). The molecule has 0 bridgehead atoms. The van der Waals surface area contributed by atoms with Gasteiger partial charge in [0, 0.05) is 17.7 Å². The number of rotatable bonds is 6. The van der Waals surface area contributed by atoms with E-state index in [0.717, 1.165) is 29.2 Å². The summed E-state index contributed by atoms with van der Waals surface area (Å²) >= 11 is 0. The molecule has 0 aliphatic rings. The molecule has 0 saturated heterocycles. The number of phenolic OH excluding ortho intramolecular Hbond substituents is 1. The molecule has 4 aromatic rings. The van der Waals surface area contributed by atoms with Crippen LogP contribution in [0.25, 0.3) is 22.3 Å². The Hall–Kier alpha value is -4.74. The summed E-state index contributed by atoms with van der Waals surface area (Å²) in [4.78, 5) is 34.4. The lowest BCUT2D eigenvalue weighted by atomic mass is 10.1. The van der Waals surface area contributed by atoms with Crippen LogP contribution < -0.4 is 5.73 Å². The van der Waals surface area contributed by atoms with Crippen LogP contribution >= 0.6 is 0 Å². The van der Waals surface area contributed by atoms with Crippen LogP contribution in [0.3, 0.4) is 0 Å². The highest BCUT2D eigenvalue weighted by Gasteiger charge is 2.34. The van der Waals surface area contributed by atoms with Gasteiger partial charge >= 0.3 is 6.18 Å². The summed E-state index contributed by atoms with van der Waals surface area (Å²) in [5, 5.41) is 14.6. The number of aromatic nitrogens is 4. The van der Waals surface area contributed by atoms with Gasteiger partial charge in [0.25, 0.3) is 11.8 Å². The van der Waals surface area contributed by atoms with Crippen molar-refractivity contribution in [3.8, 4) is 17.0 Å². The predicted molar refractivity (Wildman–Crippen MR) is 125 cm³/mol. The Morgan fingerprint density at radius 1 is 1.14 bits per heavy atom. The van der Waals surface area contributed by atoms with Gasteiger partial charge in [0.2, 0.25) is 0 Å². The first kappa shape index (κ1) is 24.4. The normalized spacial score (nSPS) is 11.4. The number of benzene rings is 2. The maximum Gasteiger partial charge on any atom is 0.419 e. The number of nitrogen functional groups attached to an aromatic ring is 1. The van der Waals surface area contributed by atoms with Crippen LogP contribution in [0.5, 0.6) is 5.75 Å². The van der Waals surface area contributed by atoms with Gasteiger partial charge in [-0.25, -0.2) is 14.6 Å². The zero-order valence-corrected chi connectivity index (χ0v) is 18.6. The molecular formula is C24H19F3N6O3. The molecule has 0 fully saturated rings. The molecule has 2 amide bonds. The fourth-order valence-corrected chi connectivity index (χ4v) is 3.66. The van der Waals surface area contributed by atoms with Crippen molar-refractivity contribution in [2.24, 2.45) is 0 Å². The summed E-state index contributed by atoms with van der Waals surface area (Å²) in [7, 11) is 0. The predicted octanol–water partition coefficient (Wildman–Crippen LogP) is 3.65. The third kappa shape index (κ3) is 4.60. The highest BCUT2D eigenvalue weighted by molar-refractivity contribution is 6.07.